The minimum absolute atomic E-state index is 0.0815. The lowest BCUT2D eigenvalue weighted by molar-refractivity contribution is 0.262. The van der Waals surface area contributed by atoms with Gasteiger partial charge in [0.15, 0.2) is 0 Å². The number of benzene rings is 1. The van der Waals surface area contributed by atoms with Gasteiger partial charge in [-0.2, -0.15) is 10.1 Å². The second kappa shape index (κ2) is 11.4. The Labute approximate surface area is 241 Å². The van der Waals surface area contributed by atoms with Crippen molar-refractivity contribution in [1.29, 1.82) is 0 Å². The molecule has 0 saturated carbocycles. The van der Waals surface area contributed by atoms with Crippen LogP contribution < -0.4 is 21.5 Å². The fraction of sp³-hybridized carbons (Fsp3) is 0.267. The molecule has 0 unspecified atom stereocenters. The van der Waals surface area contributed by atoms with Crippen LogP contribution >= 0.6 is 0 Å². The molecule has 12 heteroatoms. The molecule has 4 heterocycles. The Morgan fingerprint density at radius 1 is 1.02 bits per heavy atom. The van der Waals surface area contributed by atoms with Crippen molar-refractivity contribution in [3.05, 3.63) is 82.4 Å². The molecule has 0 saturated heterocycles. The van der Waals surface area contributed by atoms with E-state index in [0.29, 0.717) is 45.2 Å². The van der Waals surface area contributed by atoms with Crippen LogP contribution in [0.2, 0.25) is 0 Å². The quantitative estimate of drug-likeness (QED) is 0.223. The van der Waals surface area contributed by atoms with Gasteiger partial charge in [-0.05, 0) is 68.1 Å². The topological polar surface area (TPSA) is 132 Å². The van der Waals surface area contributed by atoms with Crippen molar-refractivity contribution < 1.29 is 9.18 Å². The van der Waals surface area contributed by atoms with Gasteiger partial charge in [0.2, 0.25) is 5.95 Å². The zero-order valence-corrected chi connectivity index (χ0v) is 24.2. The maximum absolute atomic E-state index is 15.2. The van der Waals surface area contributed by atoms with E-state index in [4.69, 9.17) is 0 Å². The number of pyridine rings is 2. The molecule has 5 aromatic rings. The summed E-state index contributed by atoms with van der Waals surface area (Å²) in [6, 6.07) is 8.93. The number of amides is 2. The number of hydrogen-bond donors (Lipinski definition) is 3. The SMILES string of the molecule is CNc1ncc2cc(-c3cc(NC(=O)Nc4cc(C(C)C)nn4-c4cccnc4)c(F)cc3C)c(=O)n(C(C)C)c2n1. The van der Waals surface area contributed by atoms with Gasteiger partial charge in [-0.25, -0.2) is 18.9 Å². The lowest BCUT2D eigenvalue weighted by atomic mass is 9.99. The molecule has 0 atom stereocenters. The summed E-state index contributed by atoms with van der Waals surface area (Å²) in [6.45, 7) is 9.48. The number of hydrogen-bond acceptors (Lipinski definition) is 7. The van der Waals surface area contributed by atoms with Crippen molar-refractivity contribution in [3.63, 3.8) is 0 Å². The van der Waals surface area contributed by atoms with Gasteiger partial charge in [0.1, 0.15) is 17.3 Å². The van der Waals surface area contributed by atoms with Crippen molar-refractivity contribution in [2.45, 2.75) is 46.6 Å². The highest BCUT2D eigenvalue weighted by Gasteiger charge is 2.20. The zero-order chi connectivity index (χ0) is 30.1. The van der Waals surface area contributed by atoms with Crippen LogP contribution in [-0.4, -0.2) is 42.4 Å². The number of aryl methyl sites for hydroxylation is 1. The van der Waals surface area contributed by atoms with E-state index in [9.17, 15) is 9.59 Å². The Morgan fingerprint density at radius 3 is 2.48 bits per heavy atom. The van der Waals surface area contributed by atoms with Crippen LogP contribution in [0.15, 0.2) is 59.8 Å². The van der Waals surface area contributed by atoms with Crippen molar-refractivity contribution in [1.82, 2.24) is 29.3 Å². The maximum atomic E-state index is 15.2. The first kappa shape index (κ1) is 28.4. The first-order chi connectivity index (χ1) is 20.1. The molecule has 1 aromatic carbocycles. The average Bonchev–Trinajstić information content (AvgIpc) is 3.38. The molecule has 2 amide bonds. The molecule has 0 bridgehead atoms. The number of nitrogens with one attached hydrogen (secondary N) is 3. The number of urea groups is 1. The van der Waals surface area contributed by atoms with Gasteiger partial charge in [-0.3, -0.25) is 19.7 Å². The van der Waals surface area contributed by atoms with Crippen LogP contribution in [0.25, 0.3) is 27.8 Å². The molecule has 216 valence electrons. The van der Waals surface area contributed by atoms with Crippen LogP contribution in [-0.2, 0) is 0 Å². The van der Waals surface area contributed by atoms with Crippen molar-refractivity contribution in [2.24, 2.45) is 0 Å². The predicted octanol–water partition coefficient (Wildman–Crippen LogP) is 5.88. The summed E-state index contributed by atoms with van der Waals surface area (Å²) in [7, 11) is 1.70. The molecular formula is C30H32FN9O2. The third kappa shape index (κ3) is 5.42. The van der Waals surface area contributed by atoms with Gasteiger partial charge in [0.25, 0.3) is 5.56 Å². The largest absolute Gasteiger partial charge is 0.357 e. The predicted molar refractivity (Wildman–Crippen MR) is 162 cm³/mol. The van der Waals surface area contributed by atoms with Gasteiger partial charge >= 0.3 is 6.03 Å². The van der Waals surface area contributed by atoms with Crippen LogP contribution in [0, 0.1) is 12.7 Å². The van der Waals surface area contributed by atoms with E-state index in [1.807, 2.05) is 33.8 Å². The highest BCUT2D eigenvalue weighted by Crippen LogP contribution is 2.30. The summed E-state index contributed by atoms with van der Waals surface area (Å²) < 4.78 is 18.3. The second-order valence-electron chi connectivity index (χ2n) is 10.5. The number of aromatic nitrogens is 6. The van der Waals surface area contributed by atoms with Gasteiger partial charge in [0.05, 0.1) is 23.3 Å². The van der Waals surface area contributed by atoms with Crippen LogP contribution in [0.4, 0.5) is 26.6 Å². The highest BCUT2D eigenvalue weighted by atomic mass is 19.1. The van der Waals surface area contributed by atoms with E-state index < -0.39 is 11.8 Å². The Hall–Kier alpha value is -5.13. The molecule has 0 spiro atoms. The summed E-state index contributed by atoms with van der Waals surface area (Å²) in [6.07, 6.45) is 4.91. The van der Waals surface area contributed by atoms with Gasteiger partial charge in [0, 0.05) is 42.5 Å². The lowest BCUT2D eigenvalue weighted by Gasteiger charge is -2.17. The monoisotopic (exact) mass is 569 g/mol. The molecule has 11 nitrogen and oxygen atoms in total. The van der Waals surface area contributed by atoms with Crippen LogP contribution in [0.3, 0.4) is 0 Å². The Bertz CT molecular complexity index is 1850. The summed E-state index contributed by atoms with van der Waals surface area (Å²) in [4.78, 5) is 39.8. The molecule has 0 fully saturated rings. The first-order valence-electron chi connectivity index (χ1n) is 13.6. The molecule has 5 rings (SSSR count). The van der Waals surface area contributed by atoms with Gasteiger partial charge in [-0.1, -0.05) is 13.8 Å². The standard InChI is InChI=1S/C30H32FN9O2/c1-16(2)24-13-26(40(38-24)20-8-7-9-33-15-20)36-30(42)35-25-12-21(18(5)10-23(25)31)22-11-19-14-34-29(32-6)37-27(19)39(17(3)4)28(22)41/h7-17H,1-6H3,(H,32,34,37)(H2,35,36,42). The number of halogens is 1. The van der Waals surface area contributed by atoms with Crippen molar-refractivity contribution in [2.75, 3.05) is 23.0 Å². The molecule has 0 aliphatic heterocycles. The third-order valence-electron chi connectivity index (χ3n) is 6.82. The zero-order valence-electron chi connectivity index (χ0n) is 24.2. The number of carbonyl (C=O) groups excluding carboxylic acids is 1. The lowest BCUT2D eigenvalue weighted by Crippen LogP contribution is -2.25. The van der Waals surface area contributed by atoms with E-state index in [1.165, 1.54) is 12.1 Å². The van der Waals surface area contributed by atoms with Crippen molar-refractivity contribution >= 4 is 34.5 Å². The minimum Gasteiger partial charge on any atom is -0.357 e. The summed E-state index contributed by atoms with van der Waals surface area (Å²) in [5, 5.41) is 13.5. The molecule has 4 aromatic heterocycles. The van der Waals surface area contributed by atoms with E-state index in [2.05, 4.69) is 36.0 Å². The van der Waals surface area contributed by atoms with E-state index in [1.54, 1.807) is 60.0 Å². The number of fused-ring (bicyclic) bond motifs is 1. The fourth-order valence-corrected chi connectivity index (χ4v) is 4.69. The molecular weight excluding hydrogens is 537 g/mol. The summed E-state index contributed by atoms with van der Waals surface area (Å²) >= 11 is 0. The van der Waals surface area contributed by atoms with Gasteiger partial charge < -0.3 is 10.6 Å². The van der Waals surface area contributed by atoms with E-state index >= 15 is 4.39 Å². The number of rotatable bonds is 7. The molecule has 3 N–H and O–H groups in total. The van der Waals surface area contributed by atoms with Crippen LogP contribution in [0.1, 0.15) is 50.9 Å². The minimum atomic E-state index is -0.671. The average molecular weight is 570 g/mol. The van der Waals surface area contributed by atoms with E-state index in [-0.39, 0.29) is 23.2 Å². The smallest absolute Gasteiger partial charge is 0.324 e. The Balaban J connectivity index is 1.52. The highest BCUT2D eigenvalue weighted by molar-refractivity contribution is 6.00. The maximum Gasteiger partial charge on any atom is 0.324 e. The molecule has 0 radical (unpaired) electrons. The number of nitrogens with zero attached hydrogens (tertiary/aromatic N) is 6. The fourth-order valence-electron chi connectivity index (χ4n) is 4.69. The molecule has 42 heavy (non-hydrogen) atoms. The normalized spacial score (nSPS) is 11.4. The third-order valence-corrected chi connectivity index (χ3v) is 6.82. The number of carbonyl (C=O) groups is 1. The Kier molecular flexibility index (Phi) is 7.70. The first-order valence-corrected chi connectivity index (χ1v) is 13.6. The van der Waals surface area contributed by atoms with E-state index in [0.717, 1.165) is 5.69 Å². The number of anilines is 3. The van der Waals surface area contributed by atoms with Crippen molar-refractivity contribution in [3.8, 4) is 16.8 Å². The van der Waals surface area contributed by atoms with Crippen LogP contribution in [0.5, 0.6) is 0 Å². The van der Waals surface area contributed by atoms with Gasteiger partial charge in [-0.15, -0.1) is 0 Å². The Morgan fingerprint density at radius 2 is 1.81 bits per heavy atom. The molecule has 0 aliphatic carbocycles. The summed E-state index contributed by atoms with van der Waals surface area (Å²) in [5.74, 6) is 0.259. The second-order valence-corrected chi connectivity index (χ2v) is 10.5. The molecule has 0 aliphatic rings. The summed E-state index contributed by atoms with van der Waals surface area (Å²) in [5.41, 5.74) is 2.90.